The molecule has 0 radical (unpaired) electrons. The van der Waals surface area contributed by atoms with E-state index in [1.165, 1.54) is 0 Å². The van der Waals surface area contributed by atoms with Crippen molar-refractivity contribution in [2.24, 2.45) is 0 Å². The molecule has 0 amide bonds. The Bertz CT molecular complexity index is 560. The van der Waals surface area contributed by atoms with E-state index < -0.39 is 0 Å². The lowest BCUT2D eigenvalue weighted by Gasteiger charge is -2.16. The summed E-state index contributed by atoms with van der Waals surface area (Å²) < 4.78 is 5.61. The van der Waals surface area contributed by atoms with Crippen molar-refractivity contribution in [1.29, 1.82) is 0 Å². The van der Waals surface area contributed by atoms with Crippen LogP contribution >= 0.6 is 11.6 Å². The molecule has 0 saturated carbocycles. The van der Waals surface area contributed by atoms with E-state index in [1.807, 2.05) is 39.0 Å². The molecule has 2 rings (SSSR count). The summed E-state index contributed by atoms with van der Waals surface area (Å²) >= 11 is 6.21. The van der Waals surface area contributed by atoms with Crippen LogP contribution in [0, 0.1) is 0 Å². The number of anilines is 1. The Morgan fingerprint density at radius 3 is 2.60 bits per heavy atom. The van der Waals surface area contributed by atoms with Crippen LogP contribution < -0.4 is 10.1 Å². The van der Waals surface area contributed by atoms with Gasteiger partial charge in [-0.25, -0.2) is 0 Å². The zero-order valence-corrected chi connectivity index (χ0v) is 12.6. The molecular weight excluding hydrogens is 274 g/mol. The van der Waals surface area contributed by atoms with Crippen LogP contribution in [0.2, 0.25) is 5.02 Å². The molecule has 0 aliphatic heterocycles. The minimum Gasteiger partial charge on any atom is -0.489 e. The van der Waals surface area contributed by atoms with Gasteiger partial charge in [-0.2, -0.15) is 0 Å². The lowest BCUT2D eigenvalue weighted by atomic mass is 10.2. The Balaban J connectivity index is 2.09. The second-order valence-electron chi connectivity index (χ2n) is 4.81. The minimum atomic E-state index is 0.0524. The Labute approximate surface area is 124 Å². The number of halogens is 1. The monoisotopic (exact) mass is 291 g/mol. The maximum atomic E-state index is 6.21. The largest absolute Gasteiger partial charge is 0.489 e. The van der Waals surface area contributed by atoms with Gasteiger partial charge >= 0.3 is 0 Å². The van der Waals surface area contributed by atoms with Crippen molar-refractivity contribution >= 4 is 17.3 Å². The molecule has 5 heteroatoms. The van der Waals surface area contributed by atoms with Crippen LogP contribution in [0.15, 0.2) is 36.8 Å². The van der Waals surface area contributed by atoms with Crippen molar-refractivity contribution in [1.82, 2.24) is 9.97 Å². The van der Waals surface area contributed by atoms with E-state index in [0.29, 0.717) is 10.8 Å². The lowest BCUT2D eigenvalue weighted by Crippen LogP contribution is -2.09. The SMILES string of the molecule is CC(C)Oc1ccc(NC(C)c2cnccn2)cc1Cl. The second kappa shape index (κ2) is 6.57. The molecule has 2 aromatic rings. The minimum absolute atomic E-state index is 0.0524. The van der Waals surface area contributed by atoms with Crippen LogP contribution in [0.3, 0.4) is 0 Å². The summed E-state index contributed by atoms with van der Waals surface area (Å²) in [7, 11) is 0. The highest BCUT2D eigenvalue weighted by Gasteiger charge is 2.09. The predicted octanol–water partition coefficient (Wildman–Crippen LogP) is 4.09. The van der Waals surface area contributed by atoms with Crippen molar-refractivity contribution in [3.8, 4) is 5.75 Å². The van der Waals surface area contributed by atoms with Crippen LogP contribution in [0.4, 0.5) is 5.69 Å². The molecule has 1 unspecified atom stereocenters. The third-order valence-corrected chi connectivity index (χ3v) is 3.00. The van der Waals surface area contributed by atoms with Crippen LogP contribution in [0.25, 0.3) is 0 Å². The highest BCUT2D eigenvalue weighted by molar-refractivity contribution is 6.32. The summed E-state index contributed by atoms with van der Waals surface area (Å²) in [5, 5.41) is 3.93. The van der Waals surface area contributed by atoms with Crippen LogP contribution in [0.5, 0.6) is 5.75 Å². The number of ether oxygens (including phenoxy) is 1. The van der Waals surface area contributed by atoms with Crippen molar-refractivity contribution in [2.75, 3.05) is 5.32 Å². The first-order valence-corrected chi connectivity index (χ1v) is 6.92. The van der Waals surface area contributed by atoms with Crippen LogP contribution in [-0.2, 0) is 0 Å². The van der Waals surface area contributed by atoms with E-state index in [4.69, 9.17) is 16.3 Å². The Morgan fingerprint density at radius 1 is 1.20 bits per heavy atom. The van der Waals surface area contributed by atoms with Crippen LogP contribution in [-0.4, -0.2) is 16.1 Å². The summed E-state index contributed by atoms with van der Waals surface area (Å²) in [6.07, 6.45) is 5.19. The predicted molar refractivity (Wildman–Crippen MR) is 81.3 cm³/mol. The van der Waals surface area contributed by atoms with Gasteiger partial charge in [-0.15, -0.1) is 0 Å². The van der Waals surface area contributed by atoms with E-state index in [-0.39, 0.29) is 12.1 Å². The zero-order valence-electron chi connectivity index (χ0n) is 11.8. The molecule has 1 heterocycles. The summed E-state index contributed by atoms with van der Waals surface area (Å²) in [5.41, 5.74) is 1.80. The topological polar surface area (TPSA) is 47.0 Å². The number of hydrogen-bond donors (Lipinski definition) is 1. The van der Waals surface area contributed by atoms with Crippen molar-refractivity contribution in [3.05, 3.63) is 47.5 Å². The first-order chi connectivity index (χ1) is 9.56. The van der Waals surface area contributed by atoms with E-state index in [2.05, 4.69) is 15.3 Å². The number of aromatic nitrogens is 2. The summed E-state index contributed by atoms with van der Waals surface area (Å²) in [6, 6.07) is 5.72. The number of benzene rings is 1. The second-order valence-corrected chi connectivity index (χ2v) is 5.22. The normalized spacial score (nSPS) is 12.2. The van der Waals surface area contributed by atoms with Gasteiger partial charge in [-0.3, -0.25) is 9.97 Å². The average molecular weight is 292 g/mol. The standard InChI is InChI=1S/C15H18ClN3O/c1-10(2)20-15-5-4-12(8-13(15)16)19-11(3)14-9-17-6-7-18-14/h4-11,19H,1-3H3. The molecule has 0 saturated heterocycles. The quantitative estimate of drug-likeness (QED) is 0.901. The summed E-state index contributed by atoms with van der Waals surface area (Å²) in [4.78, 5) is 8.33. The Morgan fingerprint density at radius 2 is 2.00 bits per heavy atom. The maximum Gasteiger partial charge on any atom is 0.138 e. The molecule has 0 aliphatic rings. The summed E-state index contributed by atoms with van der Waals surface area (Å²) in [6.45, 7) is 5.97. The molecule has 1 aromatic carbocycles. The maximum absolute atomic E-state index is 6.21. The van der Waals surface area contributed by atoms with Gasteiger partial charge in [-0.1, -0.05) is 11.6 Å². The average Bonchev–Trinajstić information content (AvgIpc) is 2.42. The number of hydrogen-bond acceptors (Lipinski definition) is 4. The van der Waals surface area contributed by atoms with Gasteiger partial charge in [0.05, 0.1) is 29.1 Å². The van der Waals surface area contributed by atoms with E-state index in [9.17, 15) is 0 Å². The number of nitrogens with zero attached hydrogens (tertiary/aromatic N) is 2. The number of nitrogens with one attached hydrogen (secondary N) is 1. The van der Waals surface area contributed by atoms with E-state index in [0.717, 1.165) is 11.4 Å². The van der Waals surface area contributed by atoms with Crippen molar-refractivity contribution in [2.45, 2.75) is 32.9 Å². The van der Waals surface area contributed by atoms with Crippen molar-refractivity contribution in [3.63, 3.8) is 0 Å². The van der Waals surface area contributed by atoms with Gasteiger partial charge in [0.1, 0.15) is 5.75 Å². The highest BCUT2D eigenvalue weighted by Crippen LogP contribution is 2.29. The smallest absolute Gasteiger partial charge is 0.138 e. The third kappa shape index (κ3) is 3.84. The fourth-order valence-electron chi connectivity index (χ4n) is 1.80. The molecule has 1 aromatic heterocycles. The lowest BCUT2D eigenvalue weighted by molar-refractivity contribution is 0.242. The first-order valence-electron chi connectivity index (χ1n) is 6.55. The van der Waals surface area contributed by atoms with Crippen LogP contribution in [0.1, 0.15) is 32.5 Å². The van der Waals surface area contributed by atoms with Gasteiger partial charge in [0.15, 0.2) is 0 Å². The Kier molecular flexibility index (Phi) is 4.79. The van der Waals surface area contributed by atoms with E-state index in [1.54, 1.807) is 18.6 Å². The molecule has 0 bridgehead atoms. The zero-order chi connectivity index (χ0) is 14.5. The Hall–Kier alpha value is -1.81. The molecule has 1 atom stereocenters. The van der Waals surface area contributed by atoms with E-state index >= 15 is 0 Å². The van der Waals surface area contributed by atoms with Gasteiger partial charge in [0.25, 0.3) is 0 Å². The van der Waals surface area contributed by atoms with Gasteiger partial charge in [-0.05, 0) is 39.0 Å². The molecule has 4 nitrogen and oxygen atoms in total. The fraction of sp³-hybridized carbons (Fsp3) is 0.333. The summed E-state index contributed by atoms with van der Waals surface area (Å²) in [5.74, 6) is 0.694. The number of rotatable bonds is 5. The van der Waals surface area contributed by atoms with Gasteiger partial charge in [0.2, 0.25) is 0 Å². The molecule has 0 spiro atoms. The van der Waals surface area contributed by atoms with Gasteiger partial charge in [0, 0.05) is 18.1 Å². The van der Waals surface area contributed by atoms with Crippen molar-refractivity contribution < 1.29 is 4.74 Å². The molecule has 20 heavy (non-hydrogen) atoms. The highest BCUT2D eigenvalue weighted by atomic mass is 35.5. The molecule has 1 N–H and O–H groups in total. The molecule has 106 valence electrons. The third-order valence-electron chi connectivity index (χ3n) is 2.70. The first kappa shape index (κ1) is 14.6. The van der Waals surface area contributed by atoms with Gasteiger partial charge < -0.3 is 10.1 Å². The molecule has 0 aliphatic carbocycles. The molecule has 0 fully saturated rings. The molecular formula is C15H18ClN3O. The fourth-order valence-corrected chi connectivity index (χ4v) is 2.02.